The van der Waals surface area contributed by atoms with Gasteiger partial charge in [0.25, 0.3) is 0 Å². The van der Waals surface area contributed by atoms with Gasteiger partial charge in [-0.25, -0.2) is 0 Å². The molecule has 6 heteroatoms. The molecule has 0 aliphatic carbocycles. The van der Waals surface area contributed by atoms with Gasteiger partial charge < -0.3 is 15.5 Å². The Labute approximate surface area is 147 Å². The number of hydrogen-bond acceptors (Lipinski definition) is 3. The van der Waals surface area contributed by atoms with E-state index in [9.17, 15) is 9.59 Å². The molecule has 0 spiro atoms. The molecule has 2 heterocycles. The fraction of sp³-hybridized carbons (Fsp3) is 0.556. The molecule has 24 heavy (non-hydrogen) atoms. The van der Waals surface area contributed by atoms with Crippen molar-refractivity contribution in [2.75, 3.05) is 24.5 Å². The van der Waals surface area contributed by atoms with Crippen molar-refractivity contribution >= 4 is 29.1 Å². The summed E-state index contributed by atoms with van der Waals surface area (Å²) < 4.78 is 0. The Morgan fingerprint density at radius 2 is 2.08 bits per heavy atom. The van der Waals surface area contributed by atoms with Gasteiger partial charge in [-0.2, -0.15) is 0 Å². The highest BCUT2D eigenvalue weighted by atomic mass is 35.5. The van der Waals surface area contributed by atoms with Crippen LogP contribution < -0.4 is 10.6 Å². The minimum absolute atomic E-state index is 0.0396. The van der Waals surface area contributed by atoms with Crippen LogP contribution in [0.15, 0.2) is 24.3 Å². The Morgan fingerprint density at radius 3 is 2.79 bits per heavy atom. The summed E-state index contributed by atoms with van der Waals surface area (Å²) >= 11 is 6.20. The molecule has 2 N–H and O–H groups in total. The van der Waals surface area contributed by atoms with Crippen molar-refractivity contribution in [2.24, 2.45) is 17.6 Å². The van der Waals surface area contributed by atoms with Gasteiger partial charge in [-0.05, 0) is 37.8 Å². The van der Waals surface area contributed by atoms with Gasteiger partial charge in [0.1, 0.15) is 0 Å². The first-order valence-electron chi connectivity index (χ1n) is 8.56. The Balaban J connectivity index is 1.69. The van der Waals surface area contributed by atoms with Gasteiger partial charge >= 0.3 is 0 Å². The first kappa shape index (κ1) is 17.2. The van der Waals surface area contributed by atoms with Crippen LogP contribution in [-0.2, 0) is 9.59 Å². The third kappa shape index (κ3) is 3.42. The second-order valence-corrected chi connectivity index (χ2v) is 7.31. The van der Waals surface area contributed by atoms with E-state index in [2.05, 4.69) is 0 Å². The average molecular weight is 350 g/mol. The first-order chi connectivity index (χ1) is 11.5. The minimum atomic E-state index is -0.291. The number of piperidine rings is 1. The number of rotatable bonds is 3. The molecule has 1 aromatic rings. The minimum Gasteiger partial charge on any atom is -0.342 e. The lowest BCUT2D eigenvalue weighted by molar-refractivity contribution is -0.137. The lowest BCUT2D eigenvalue weighted by Gasteiger charge is -2.35. The van der Waals surface area contributed by atoms with Gasteiger partial charge in [-0.15, -0.1) is 0 Å². The molecule has 3 rings (SSSR count). The molecule has 130 valence electrons. The molecule has 0 radical (unpaired) electrons. The van der Waals surface area contributed by atoms with Crippen LogP contribution in [0.3, 0.4) is 0 Å². The van der Waals surface area contributed by atoms with Crippen molar-refractivity contribution in [3.05, 3.63) is 29.3 Å². The van der Waals surface area contributed by atoms with E-state index in [1.165, 1.54) is 0 Å². The van der Waals surface area contributed by atoms with Gasteiger partial charge in [-0.1, -0.05) is 23.7 Å². The van der Waals surface area contributed by atoms with Crippen molar-refractivity contribution in [1.29, 1.82) is 0 Å². The normalized spacial score (nSPS) is 25.9. The number of halogens is 1. The predicted octanol–water partition coefficient (Wildman–Crippen LogP) is 2.28. The molecular weight excluding hydrogens is 326 g/mol. The monoisotopic (exact) mass is 349 g/mol. The number of benzene rings is 1. The summed E-state index contributed by atoms with van der Waals surface area (Å²) in [5.74, 6) is 0.0885. The first-order valence-corrected chi connectivity index (χ1v) is 8.94. The largest absolute Gasteiger partial charge is 0.342 e. The van der Waals surface area contributed by atoms with E-state index in [-0.39, 0.29) is 30.2 Å². The molecular formula is C18H24ClN3O2. The maximum atomic E-state index is 12.8. The van der Waals surface area contributed by atoms with E-state index in [1.807, 2.05) is 30.0 Å². The average Bonchev–Trinajstić information content (AvgIpc) is 2.96. The lowest BCUT2D eigenvalue weighted by Crippen LogP contribution is -2.47. The van der Waals surface area contributed by atoms with Crippen LogP contribution in [-0.4, -0.2) is 42.4 Å². The van der Waals surface area contributed by atoms with Crippen molar-refractivity contribution < 1.29 is 9.59 Å². The zero-order chi connectivity index (χ0) is 17.3. The van der Waals surface area contributed by atoms with Crippen LogP contribution >= 0.6 is 11.6 Å². The van der Waals surface area contributed by atoms with Crippen LogP contribution in [0.4, 0.5) is 5.69 Å². The molecule has 2 saturated heterocycles. The fourth-order valence-corrected chi connectivity index (χ4v) is 3.91. The summed E-state index contributed by atoms with van der Waals surface area (Å²) in [6, 6.07) is 7.35. The highest BCUT2D eigenvalue weighted by Crippen LogP contribution is 2.32. The van der Waals surface area contributed by atoms with Crippen LogP contribution in [0.2, 0.25) is 5.02 Å². The van der Waals surface area contributed by atoms with E-state index in [0.29, 0.717) is 29.7 Å². The number of amides is 2. The molecule has 2 aliphatic rings. The van der Waals surface area contributed by atoms with E-state index in [4.69, 9.17) is 17.3 Å². The lowest BCUT2D eigenvalue weighted by atomic mass is 9.91. The topological polar surface area (TPSA) is 66.6 Å². The molecule has 2 aliphatic heterocycles. The third-order valence-electron chi connectivity index (χ3n) is 5.13. The maximum Gasteiger partial charge on any atom is 0.228 e. The molecule has 2 amide bonds. The molecule has 3 atom stereocenters. The number of nitrogens with two attached hydrogens (primary N) is 1. The number of nitrogens with zero attached hydrogens (tertiary/aromatic N) is 2. The summed E-state index contributed by atoms with van der Waals surface area (Å²) in [5.41, 5.74) is 6.69. The van der Waals surface area contributed by atoms with Gasteiger partial charge in [0.15, 0.2) is 0 Å². The molecule has 0 aromatic heterocycles. The van der Waals surface area contributed by atoms with Gasteiger partial charge in [0, 0.05) is 32.1 Å². The number of hydrogen-bond donors (Lipinski definition) is 1. The van der Waals surface area contributed by atoms with E-state index < -0.39 is 0 Å². The van der Waals surface area contributed by atoms with Crippen molar-refractivity contribution in [2.45, 2.75) is 32.2 Å². The molecule has 0 unspecified atom stereocenters. The van der Waals surface area contributed by atoms with Crippen LogP contribution in [0.25, 0.3) is 0 Å². The molecule has 2 fully saturated rings. The van der Waals surface area contributed by atoms with Crippen molar-refractivity contribution in [1.82, 2.24) is 4.90 Å². The summed E-state index contributed by atoms with van der Waals surface area (Å²) in [7, 11) is 0. The van der Waals surface area contributed by atoms with Crippen LogP contribution in [0, 0.1) is 11.8 Å². The molecule has 5 nitrogen and oxygen atoms in total. The maximum absolute atomic E-state index is 12.8. The van der Waals surface area contributed by atoms with E-state index in [1.54, 1.807) is 11.0 Å². The standard InChI is InChI=1S/C18H24ClN3O2/c1-12(20)13-5-4-8-21(10-13)18(24)14-9-17(23)22(11-14)16-7-3-2-6-15(16)19/h2-3,6-7,12-14H,4-5,8-11,20H2,1H3/t12-,13+,14+/m0/s1. The number of anilines is 1. The summed E-state index contributed by atoms with van der Waals surface area (Å²) in [4.78, 5) is 28.8. The Kier molecular flexibility index (Phi) is 5.11. The van der Waals surface area contributed by atoms with Crippen LogP contribution in [0.1, 0.15) is 26.2 Å². The smallest absolute Gasteiger partial charge is 0.228 e. The van der Waals surface area contributed by atoms with E-state index >= 15 is 0 Å². The molecule has 1 aromatic carbocycles. The van der Waals surface area contributed by atoms with Gasteiger partial charge in [0.05, 0.1) is 16.6 Å². The summed E-state index contributed by atoms with van der Waals surface area (Å²) in [5, 5.41) is 0.536. The number of carbonyl (C=O) groups excluding carboxylic acids is 2. The Morgan fingerprint density at radius 1 is 1.33 bits per heavy atom. The highest BCUT2D eigenvalue weighted by molar-refractivity contribution is 6.33. The Hall–Kier alpha value is -1.59. The third-order valence-corrected chi connectivity index (χ3v) is 5.45. The number of para-hydroxylation sites is 1. The highest BCUT2D eigenvalue weighted by Gasteiger charge is 2.39. The van der Waals surface area contributed by atoms with E-state index in [0.717, 1.165) is 19.4 Å². The van der Waals surface area contributed by atoms with Gasteiger partial charge in [-0.3, -0.25) is 9.59 Å². The quantitative estimate of drug-likeness (QED) is 0.910. The SMILES string of the molecule is C[C@H](N)[C@@H]1CCCN(C(=O)[C@@H]2CC(=O)N(c3ccccc3Cl)C2)C1. The summed E-state index contributed by atoms with van der Waals surface area (Å²) in [6.07, 6.45) is 2.30. The predicted molar refractivity (Wildman–Crippen MR) is 94.9 cm³/mol. The number of likely N-dealkylation sites (tertiary alicyclic amines) is 1. The summed E-state index contributed by atoms with van der Waals surface area (Å²) in [6.45, 7) is 3.86. The molecule has 0 saturated carbocycles. The van der Waals surface area contributed by atoms with Crippen LogP contribution in [0.5, 0.6) is 0 Å². The van der Waals surface area contributed by atoms with Crippen molar-refractivity contribution in [3.63, 3.8) is 0 Å². The second kappa shape index (κ2) is 7.11. The zero-order valence-electron chi connectivity index (χ0n) is 14.0. The van der Waals surface area contributed by atoms with Gasteiger partial charge in [0.2, 0.25) is 11.8 Å². The second-order valence-electron chi connectivity index (χ2n) is 6.90. The van der Waals surface area contributed by atoms with Crippen molar-refractivity contribution in [3.8, 4) is 0 Å². The number of carbonyl (C=O) groups is 2. The molecule has 0 bridgehead atoms. The zero-order valence-corrected chi connectivity index (χ0v) is 14.7. The Bertz CT molecular complexity index is 634. The fourth-order valence-electron chi connectivity index (χ4n) is 3.67.